The molecule has 0 aliphatic carbocycles. The third kappa shape index (κ3) is 3.53. The van der Waals surface area contributed by atoms with Gasteiger partial charge in [-0.2, -0.15) is 0 Å². The van der Waals surface area contributed by atoms with Gasteiger partial charge in [-0.1, -0.05) is 30.3 Å². The maximum absolute atomic E-state index is 12.7. The van der Waals surface area contributed by atoms with Crippen molar-refractivity contribution in [2.75, 3.05) is 20.8 Å². The van der Waals surface area contributed by atoms with Crippen LogP contribution in [0.25, 0.3) is 6.08 Å². The maximum atomic E-state index is 12.7. The normalized spacial score (nSPS) is 16.6. The molecule has 4 nitrogen and oxygen atoms in total. The fraction of sp³-hybridized carbons (Fsp3) is 0.286. The standard InChI is InChI=1S/C21H23NO3/c1-15-18-14-20(25-3)19(24-2)13-17(18)11-12-22(15)21(23)10-9-16-7-5-4-6-8-16/h4-10,13-15H,11-12H2,1-3H3/b10-9+/t15-/m0/s1. The number of rotatable bonds is 4. The number of nitrogens with zero attached hydrogens (tertiary/aromatic N) is 1. The van der Waals surface area contributed by atoms with Crippen LogP contribution in [0.1, 0.15) is 29.7 Å². The molecule has 3 rings (SSSR count). The van der Waals surface area contributed by atoms with Crippen molar-refractivity contribution < 1.29 is 14.3 Å². The zero-order chi connectivity index (χ0) is 17.8. The van der Waals surface area contributed by atoms with E-state index >= 15 is 0 Å². The van der Waals surface area contributed by atoms with Crippen LogP contribution in [0.2, 0.25) is 0 Å². The number of hydrogen-bond donors (Lipinski definition) is 0. The highest BCUT2D eigenvalue weighted by Gasteiger charge is 2.28. The first-order chi connectivity index (χ1) is 12.1. The molecule has 2 aromatic rings. The molecular formula is C21H23NO3. The van der Waals surface area contributed by atoms with E-state index in [1.54, 1.807) is 20.3 Å². The molecule has 0 saturated carbocycles. The van der Waals surface area contributed by atoms with Crippen LogP contribution < -0.4 is 9.47 Å². The Labute approximate surface area is 148 Å². The van der Waals surface area contributed by atoms with Gasteiger partial charge in [-0.15, -0.1) is 0 Å². The predicted molar refractivity (Wildman–Crippen MR) is 98.9 cm³/mol. The average molecular weight is 337 g/mol. The van der Waals surface area contributed by atoms with E-state index in [2.05, 4.69) is 6.92 Å². The number of ether oxygens (including phenoxy) is 2. The Balaban J connectivity index is 1.82. The van der Waals surface area contributed by atoms with E-state index in [0.717, 1.165) is 23.3 Å². The van der Waals surface area contributed by atoms with Gasteiger partial charge < -0.3 is 14.4 Å². The number of methoxy groups -OCH3 is 2. The molecule has 1 aliphatic heterocycles. The zero-order valence-electron chi connectivity index (χ0n) is 14.9. The first kappa shape index (κ1) is 17.1. The molecule has 0 aromatic heterocycles. The van der Waals surface area contributed by atoms with E-state index in [-0.39, 0.29) is 11.9 Å². The summed E-state index contributed by atoms with van der Waals surface area (Å²) in [5.74, 6) is 1.45. The smallest absolute Gasteiger partial charge is 0.247 e. The van der Waals surface area contributed by atoms with Crippen LogP contribution >= 0.6 is 0 Å². The summed E-state index contributed by atoms with van der Waals surface area (Å²) in [5, 5.41) is 0. The minimum absolute atomic E-state index is 0.00326. The highest BCUT2D eigenvalue weighted by atomic mass is 16.5. The topological polar surface area (TPSA) is 38.8 Å². The van der Waals surface area contributed by atoms with Gasteiger partial charge in [0.25, 0.3) is 0 Å². The quantitative estimate of drug-likeness (QED) is 0.795. The molecule has 0 saturated heterocycles. The summed E-state index contributed by atoms with van der Waals surface area (Å²) >= 11 is 0. The number of benzene rings is 2. The highest BCUT2D eigenvalue weighted by molar-refractivity contribution is 5.92. The third-order valence-corrected chi connectivity index (χ3v) is 4.69. The van der Waals surface area contributed by atoms with E-state index in [1.165, 1.54) is 5.56 Å². The van der Waals surface area contributed by atoms with Crippen LogP contribution in [0.5, 0.6) is 11.5 Å². The van der Waals surface area contributed by atoms with Crippen molar-refractivity contribution >= 4 is 12.0 Å². The second-order valence-corrected chi connectivity index (χ2v) is 6.11. The van der Waals surface area contributed by atoms with Gasteiger partial charge in [0, 0.05) is 12.6 Å². The molecule has 1 atom stereocenters. The molecule has 25 heavy (non-hydrogen) atoms. The Kier molecular flexibility index (Phi) is 5.08. The molecule has 0 fully saturated rings. The Morgan fingerprint density at radius 2 is 1.80 bits per heavy atom. The second-order valence-electron chi connectivity index (χ2n) is 6.11. The van der Waals surface area contributed by atoms with Crippen molar-refractivity contribution in [2.45, 2.75) is 19.4 Å². The molecule has 130 valence electrons. The molecule has 0 spiro atoms. The van der Waals surface area contributed by atoms with Crippen molar-refractivity contribution in [3.8, 4) is 11.5 Å². The molecule has 0 N–H and O–H groups in total. The predicted octanol–water partition coefficient (Wildman–Crippen LogP) is 3.86. The van der Waals surface area contributed by atoms with Gasteiger partial charge in [-0.05, 0) is 48.2 Å². The van der Waals surface area contributed by atoms with Crippen LogP contribution in [0.3, 0.4) is 0 Å². The van der Waals surface area contributed by atoms with Crippen molar-refractivity contribution in [1.82, 2.24) is 4.90 Å². The SMILES string of the molecule is COc1cc2c(cc1OC)[C@H](C)N(C(=O)/C=C/c1ccccc1)CC2. The zero-order valence-corrected chi connectivity index (χ0v) is 14.9. The van der Waals surface area contributed by atoms with E-state index in [0.29, 0.717) is 12.3 Å². The summed E-state index contributed by atoms with van der Waals surface area (Å²) in [6.45, 7) is 2.75. The van der Waals surface area contributed by atoms with Gasteiger partial charge in [0.05, 0.1) is 20.3 Å². The number of carbonyl (C=O) groups is 1. The van der Waals surface area contributed by atoms with Crippen LogP contribution in [-0.2, 0) is 11.2 Å². The van der Waals surface area contributed by atoms with E-state index < -0.39 is 0 Å². The summed E-state index contributed by atoms with van der Waals surface area (Å²) in [6.07, 6.45) is 4.32. The molecule has 2 aromatic carbocycles. The Bertz CT molecular complexity index is 783. The number of fused-ring (bicyclic) bond motifs is 1. The molecule has 0 bridgehead atoms. The summed E-state index contributed by atoms with van der Waals surface area (Å²) in [4.78, 5) is 14.5. The molecule has 4 heteroatoms. The third-order valence-electron chi connectivity index (χ3n) is 4.69. The van der Waals surface area contributed by atoms with Crippen LogP contribution in [-0.4, -0.2) is 31.6 Å². The van der Waals surface area contributed by atoms with Gasteiger partial charge in [-0.3, -0.25) is 4.79 Å². The van der Waals surface area contributed by atoms with Crippen molar-refractivity contribution in [3.63, 3.8) is 0 Å². The summed E-state index contributed by atoms with van der Waals surface area (Å²) in [7, 11) is 3.27. The largest absolute Gasteiger partial charge is 0.493 e. The van der Waals surface area contributed by atoms with Gasteiger partial charge in [0.2, 0.25) is 5.91 Å². The van der Waals surface area contributed by atoms with Crippen LogP contribution in [0, 0.1) is 0 Å². The van der Waals surface area contributed by atoms with Crippen LogP contribution in [0.4, 0.5) is 0 Å². The fourth-order valence-corrected chi connectivity index (χ4v) is 3.27. The van der Waals surface area contributed by atoms with Gasteiger partial charge in [-0.25, -0.2) is 0 Å². The molecule has 1 aliphatic rings. The minimum atomic E-state index is -0.00326. The molecular weight excluding hydrogens is 314 g/mol. The average Bonchev–Trinajstić information content (AvgIpc) is 2.66. The Morgan fingerprint density at radius 3 is 2.48 bits per heavy atom. The van der Waals surface area contributed by atoms with Gasteiger partial charge >= 0.3 is 0 Å². The summed E-state index contributed by atoms with van der Waals surface area (Å²) in [5.41, 5.74) is 3.35. The van der Waals surface area contributed by atoms with Crippen molar-refractivity contribution in [3.05, 3.63) is 65.2 Å². The first-order valence-corrected chi connectivity index (χ1v) is 8.42. The number of amides is 1. The summed E-state index contributed by atoms with van der Waals surface area (Å²) in [6, 6.07) is 13.9. The van der Waals surface area contributed by atoms with Gasteiger partial charge in [0.1, 0.15) is 0 Å². The second kappa shape index (κ2) is 7.43. The number of carbonyl (C=O) groups excluding carboxylic acids is 1. The first-order valence-electron chi connectivity index (χ1n) is 8.42. The summed E-state index contributed by atoms with van der Waals surface area (Å²) < 4.78 is 10.8. The monoisotopic (exact) mass is 337 g/mol. The Morgan fingerprint density at radius 1 is 1.12 bits per heavy atom. The maximum Gasteiger partial charge on any atom is 0.247 e. The van der Waals surface area contributed by atoms with Crippen molar-refractivity contribution in [1.29, 1.82) is 0 Å². The molecule has 0 radical (unpaired) electrons. The number of hydrogen-bond acceptors (Lipinski definition) is 3. The molecule has 1 amide bonds. The molecule has 0 unspecified atom stereocenters. The highest BCUT2D eigenvalue weighted by Crippen LogP contribution is 2.37. The van der Waals surface area contributed by atoms with Gasteiger partial charge in [0.15, 0.2) is 11.5 Å². The lowest BCUT2D eigenvalue weighted by atomic mass is 9.92. The van der Waals surface area contributed by atoms with Crippen LogP contribution in [0.15, 0.2) is 48.5 Å². The molecule has 1 heterocycles. The lowest BCUT2D eigenvalue weighted by Gasteiger charge is -2.35. The fourth-order valence-electron chi connectivity index (χ4n) is 3.27. The lowest BCUT2D eigenvalue weighted by Crippen LogP contribution is -2.37. The Hall–Kier alpha value is -2.75. The van der Waals surface area contributed by atoms with Crippen molar-refractivity contribution in [2.24, 2.45) is 0 Å². The van der Waals surface area contributed by atoms with E-state index in [4.69, 9.17) is 9.47 Å². The minimum Gasteiger partial charge on any atom is -0.493 e. The lowest BCUT2D eigenvalue weighted by molar-refractivity contribution is -0.128. The van der Waals surface area contributed by atoms with E-state index in [1.807, 2.05) is 53.4 Å². The van der Waals surface area contributed by atoms with E-state index in [9.17, 15) is 4.79 Å².